The fraction of sp³-hybridized carbons (Fsp3) is 0.429. The van der Waals surface area contributed by atoms with Crippen LogP contribution in [0.15, 0.2) is 18.5 Å². The van der Waals surface area contributed by atoms with Crippen LogP contribution in [0.25, 0.3) is 5.82 Å². The molecule has 2 N–H and O–H groups in total. The van der Waals surface area contributed by atoms with Gasteiger partial charge in [-0.05, 0) is 31.9 Å². The van der Waals surface area contributed by atoms with Crippen LogP contribution in [0.3, 0.4) is 0 Å². The lowest BCUT2D eigenvalue weighted by atomic mass is 10.2. The van der Waals surface area contributed by atoms with E-state index < -0.39 is 0 Å². The zero-order valence-corrected chi connectivity index (χ0v) is 11.8. The number of imidazole rings is 1. The van der Waals surface area contributed by atoms with Crippen molar-refractivity contribution in [2.45, 2.75) is 27.7 Å². The van der Waals surface area contributed by atoms with E-state index in [0.29, 0.717) is 24.1 Å². The van der Waals surface area contributed by atoms with Crippen molar-refractivity contribution in [3.8, 4) is 11.7 Å². The molecular formula is C14H20N4O. The van der Waals surface area contributed by atoms with Gasteiger partial charge in [-0.25, -0.2) is 4.98 Å². The lowest BCUT2D eigenvalue weighted by molar-refractivity contribution is 0.263. The van der Waals surface area contributed by atoms with Crippen molar-refractivity contribution in [1.82, 2.24) is 14.5 Å². The van der Waals surface area contributed by atoms with E-state index in [9.17, 15) is 0 Å². The van der Waals surface area contributed by atoms with Crippen molar-refractivity contribution in [3.63, 3.8) is 0 Å². The number of hydrogen-bond acceptors (Lipinski definition) is 4. The summed E-state index contributed by atoms with van der Waals surface area (Å²) in [5.41, 5.74) is 8.49. The van der Waals surface area contributed by atoms with Crippen LogP contribution in [-0.2, 0) is 0 Å². The molecule has 0 fully saturated rings. The number of anilines is 1. The summed E-state index contributed by atoms with van der Waals surface area (Å²) in [6.07, 6.45) is 1.76. The minimum Gasteiger partial charge on any atom is -0.476 e. The molecule has 0 spiro atoms. The van der Waals surface area contributed by atoms with Crippen LogP contribution in [0.4, 0.5) is 5.69 Å². The van der Waals surface area contributed by atoms with Crippen molar-refractivity contribution in [1.29, 1.82) is 0 Å². The van der Waals surface area contributed by atoms with Gasteiger partial charge in [-0.1, -0.05) is 13.8 Å². The van der Waals surface area contributed by atoms with Gasteiger partial charge in [0, 0.05) is 5.69 Å². The minimum atomic E-state index is 0.432. The first kappa shape index (κ1) is 13.4. The topological polar surface area (TPSA) is 66.0 Å². The molecule has 0 saturated carbocycles. The quantitative estimate of drug-likeness (QED) is 0.917. The third-order valence-corrected chi connectivity index (χ3v) is 2.93. The summed E-state index contributed by atoms with van der Waals surface area (Å²) < 4.78 is 7.56. The largest absolute Gasteiger partial charge is 0.476 e. The van der Waals surface area contributed by atoms with Crippen molar-refractivity contribution < 1.29 is 4.74 Å². The number of nitrogen functional groups attached to an aromatic ring is 1. The Balaban J connectivity index is 2.33. The second-order valence-corrected chi connectivity index (χ2v) is 5.05. The predicted molar refractivity (Wildman–Crippen MR) is 75.6 cm³/mol. The van der Waals surface area contributed by atoms with Crippen LogP contribution in [0.2, 0.25) is 0 Å². The van der Waals surface area contributed by atoms with Crippen LogP contribution < -0.4 is 10.5 Å². The molecule has 0 amide bonds. The highest BCUT2D eigenvalue weighted by Gasteiger charge is 2.09. The standard InChI is InChI=1S/C14H20N4O/c1-9(2)7-19-14-12(15)5-6-13(17-14)18-8-16-10(3)11(18)4/h5-6,8-9H,7,15H2,1-4H3. The molecule has 2 aromatic rings. The van der Waals surface area contributed by atoms with Gasteiger partial charge in [0.1, 0.15) is 12.1 Å². The molecule has 0 aliphatic rings. The molecule has 0 bridgehead atoms. The molecule has 0 aliphatic heterocycles. The second kappa shape index (κ2) is 5.30. The number of nitrogens with two attached hydrogens (primary N) is 1. The monoisotopic (exact) mass is 260 g/mol. The first-order valence-electron chi connectivity index (χ1n) is 6.39. The summed E-state index contributed by atoms with van der Waals surface area (Å²) in [6, 6.07) is 3.68. The Hall–Kier alpha value is -2.04. The van der Waals surface area contributed by atoms with Crippen LogP contribution in [0.1, 0.15) is 25.2 Å². The molecule has 0 radical (unpaired) electrons. The average Bonchev–Trinajstić information content (AvgIpc) is 2.69. The zero-order valence-electron chi connectivity index (χ0n) is 11.8. The summed E-state index contributed by atoms with van der Waals surface area (Å²) in [5.74, 6) is 1.69. The maximum atomic E-state index is 5.88. The van der Waals surface area contributed by atoms with Gasteiger partial charge >= 0.3 is 0 Å². The molecule has 2 heterocycles. The van der Waals surface area contributed by atoms with Crippen molar-refractivity contribution >= 4 is 5.69 Å². The molecule has 0 aromatic carbocycles. The number of pyridine rings is 1. The van der Waals surface area contributed by atoms with E-state index in [-0.39, 0.29) is 0 Å². The summed E-state index contributed by atoms with van der Waals surface area (Å²) >= 11 is 0. The molecule has 5 heteroatoms. The molecule has 0 aliphatic carbocycles. The van der Waals surface area contributed by atoms with Crippen LogP contribution in [0, 0.1) is 19.8 Å². The second-order valence-electron chi connectivity index (χ2n) is 5.05. The molecule has 0 unspecified atom stereocenters. The van der Waals surface area contributed by atoms with Gasteiger partial charge in [0.05, 0.1) is 18.0 Å². The van der Waals surface area contributed by atoms with Crippen LogP contribution in [0.5, 0.6) is 5.88 Å². The van der Waals surface area contributed by atoms with Crippen molar-refractivity contribution in [2.75, 3.05) is 12.3 Å². The third-order valence-electron chi connectivity index (χ3n) is 2.93. The number of nitrogens with zero attached hydrogens (tertiary/aromatic N) is 3. The van der Waals surface area contributed by atoms with Gasteiger partial charge in [0.2, 0.25) is 5.88 Å². The Morgan fingerprint density at radius 2 is 2.05 bits per heavy atom. The highest BCUT2D eigenvalue weighted by Crippen LogP contribution is 2.22. The Morgan fingerprint density at radius 3 is 2.63 bits per heavy atom. The lowest BCUT2D eigenvalue weighted by Crippen LogP contribution is -2.09. The SMILES string of the molecule is Cc1ncn(-c2ccc(N)c(OCC(C)C)n2)c1C. The maximum absolute atomic E-state index is 5.88. The fourth-order valence-electron chi connectivity index (χ4n) is 1.67. The van der Waals surface area contributed by atoms with E-state index in [0.717, 1.165) is 17.2 Å². The summed E-state index contributed by atoms with van der Waals surface area (Å²) in [5, 5.41) is 0. The molecular weight excluding hydrogens is 240 g/mol. The number of rotatable bonds is 4. The third kappa shape index (κ3) is 2.86. The van der Waals surface area contributed by atoms with E-state index in [2.05, 4.69) is 23.8 Å². The first-order valence-corrected chi connectivity index (χ1v) is 6.39. The van der Waals surface area contributed by atoms with Gasteiger partial charge in [0.15, 0.2) is 0 Å². The molecule has 2 rings (SSSR count). The molecule has 5 nitrogen and oxygen atoms in total. The molecule has 0 atom stereocenters. The average molecular weight is 260 g/mol. The highest BCUT2D eigenvalue weighted by molar-refractivity contribution is 5.51. The zero-order chi connectivity index (χ0) is 14.0. The lowest BCUT2D eigenvalue weighted by Gasteiger charge is -2.12. The molecule has 2 aromatic heterocycles. The van der Waals surface area contributed by atoms with Gasteiger partial charge < -0.3 is 10.5 Å². The van der Waals surface area contributed by atoms with E-state index in [1.165, 1.54) is 0 Å². The normalized spacial score (nSPS) is 11.0. The van der Waals surface area contributed by atoms with E-state index in [4.69, 9.17) is 10.5 Å². The number of hydrogen-bond donors (Lipinski definition) is 1. The van der Waals surface area contributed by atoms with Crippen LogP contribution in [-0.4, -0.2) is 21.1 Å². The Labute approximate surface area is 113 Å². The number of aryl methyl sites for hydroxylation is 1. The maximum Gasteiger partial charge on any atom is 0.239 e. The van der Waals surface area contributed by atoms with E-state index >= 15 is 0 Å². The van der Waals surface area contributed by atoms with Crippen molar-refractivity contribution in [2.24, 2.45) is 5.92 Å². The first-order chi connectivity index (χ1) is 8.99. The summed E-state index contributed by atoms with van der Waals surface area (Å²) in [6.45, 7) is 8.75. The van der Waals surface area contributed by atoms with Crippen molar-refractivity contribution in [3.05, 3.63) is 29.8 Å². The fourth-order valence-corrected chi connectivity index (χ4v) is 1.67. The molecule has 19 heavy (non-hydrogen) atoms. The highest BCUT2D eigenvalue weighted by atomic mass is 16.5. The van der Waals surface area contributed by atoms with Crippen LogP contribution >= 0.6 is 0 Å². The Kier molecular flexibility index (Phi) is 3.74. The van der Waals surface area contributed by atoms with Gasteiger partial charge in [-0.3, -0.25) is 4.57 Å². The Morgan fingerprint density at radius 1 is 1.32 bits per heavy atom. The smallest absolute Gasteiger partial charge is 0.239 e. The predicted octanol–water partition coefficient (Wildman–Crippen LogP) is 2.50. The minimum absolute atomic E-state index is 0.432. The van der Waals surface area contributed by atoms with Gasteiger partial charge in [-0.15, -0.1) is 0 Å². The van der Waals surface area contributed by atoms with Gasteiger partial charge in [0.25, 0.3) is 0 Å². The number of ether oxygens (including phenoxy) is 1. The summed E-state index contributed by atoms with van der Waals surface area (Å²) in [7, 11) is 0. The van der Waals surface area contributed by atoms with E-state index in [1.54, 1.807) is 6.33 Å². The molecule has 0 saturated heterocycles. The Bertz CT molecular complexity index is 575. The number of aromatic nitrogens is 3. The van der Waals surface area contributed by atoms with Gasteiger partial charge in [-0.2, -0.15) is 4.98 Å². The van der Waals surface area contributed by atoms with E-state index in [1.807, 2.05) is 30.5 Å². The molecule has 102 valence electrons. The summed E-state index contributed by atoms with van der Waals surface area (Å²) in [4.78, 5) is 8.73.